The lowest BCUT2D eigenvalue weighted by Gasteiger charge is -2.05. The zero-order valence-corrected chi connectivity index (χ0v) is 10.7. The summed E-state index contributed by atoms with van der Waals surface area (Å²) in [5.74, 6) is -1.70. The molecule has 0 saturated heterocycles. The molecule has 0 bridgehead atoms. The van der Waals surface area contributed by atoms with Crippen LogP contribution >= 0.6 is 0 Å². The van der Waals surface area contributed by atoms with E-state index in [4.69, 9.17) is 10.8 Å². The molecular weight excluding hydrogens is 274 g/mol. The average Bonchev–Trinajstić information content (AvgIpc) is 2.34. The Morgan fingerprint density at radius 1 is 1.37 bits per heavy atom. The maximum Gasteiger partial charge on any atom is 0.337 e. The molecule has 0 aromatic carbocycles. The summed E-state index contributed by atoms with van der Waals surface area (Å²) in [6, 6.07) is 2.24. The predicted octanol–water partition coefficient (Wildman–Crippen LogP) is -0.676. The normalized spacial score (nSPS) is 11.2. The number of amides is 1. The number of hydrogen-bond acceptors (Lipinski definition) is 5. The van der Waals surface area contributed by atoms with Crippen LogP contribution in [0.25, 0.3) is 0 Å². The van der Waals surface area contributed by atoms with Crippen molar-refractivity contribution in [2.24, 2.45) is 5.73 Å². The topological polar surface area (TPSA) is 139 Å². The number of carboxylic acid groups (broad SMARTS) is 1. The van der Waals surface area contributed by atoms with Crippen LogP contribution in [-0.4, -0.2) is 36.9 Å². The van der Waals surface area contributed by atoms with Crippen molar-refractivity contribution in [1.29, 1.82) is 0 Å². The minimum Gasteiger partial charge on any atom is -0.478 e. The van der Waals surface area contributed by atoms with Crippen LogP contribution in [-0.2, 0) is 14.8 Å². The Bertz CT molecular complexity index is 567. The van der Waals surface area contributed by atoms with Gasteiger partial charge in [-0.15, -0.1) is 0 Å². The molecule has 1 amide bonds. The number of carbonyl (C=O) groups excluding carboxylic acids is 1. The predicted molar refractivity (Wildman–Crippen MR) is 64.8 cm³/mol. The monoisotopic (exact) mass is 287 g/mol. The summed E-state index contributed by atoms with van der Waals surface area (Å²) in [6.07, 6.45) is 1.32. The molecule has 0 aliphatic heterocycles. The highest BCUT2D eigenvalue weighted by atomic mass is 32.2. The molecule has 1 rings (SSSR count). The fraction of sp³-hybridized carbons (Fsp3) is 0.300. The van der Waals surface area contributed by atoms with Crippen LogP contribution in [0.3, 0.4) is 0 Å². The first-order valence-electron chi connectivity index (χ1n) is 5.30. The zero-order valence-electron chi connectivity index (χ0n) is 9.87. The maximum atomic E-state index is 11.7. The lowest BCUT2D eigenvalue weighted by Crippen LogP contribution is -2.26. The Morgan fingerprint density at radius 2 is 2.05 bits per heavy atom. The molecule has 8 nitrogen and oxygen atoms in total. The van der Waals surface area contributed by atoms with Crippen molar-refractivity contribution in [1.82, 2.24) is 9.71 Å². The third kappa shape index (κ3) is 4.64. The molecule has 0 aliphatic carbocycles. The molecule has 1 aromatic heterocycles. The number of carboxylic acids is 1. The number of nitrogens with zero attached hydrogens (tertiary/aromatic N) is 1. The SMILES string of the molecule is NC(=O)CCCNS(=O)(=O)c1ccc(C(=O)O)cn1. The van der Waals surface area contributed by atoms with E-state index in [0.717, 1.165) is 18.3 Å². The summed E-state index contributed by atoms with van der Waals surface area (Å²) in [5, 5.41) is 8.37. The Labute approximate surface area is 109 Å². The molecule has 0 aliphatic rings. The lowest BCUT2D eigenvalue weighted by molar-refractivity contribution is -0.118. The van der Waals surface area contributed by atoms with Crippen LogP contribution in [0.4, 0.5) is 0 Å². The molecule has 0 fully saturated rings. The first-order chi connectivity index (χ1) is 8.83. The van der Waals surface area contributed by atoms with Crippen LogP contribution in [0.2, 0.25) is 0 Å². The molecule has 0 unspecified atom stereocenters. The van der Waals surface area contributed by atoms with Gasteiger partial charge in [0.1, 0.15) is 0 Å². The highest BCUT2D eigenvalue weighted by Gasteiger charge is 2.15. The van der Waals surface area contributed by atoms with Gasteiger partial charge in [-0.1, -0.05) is 0 Å². The van der Waals surface area contributed by atoms with Gasteiger partial charge >= 0.3 is 5.97 Å². The number of hydrogen-bond donors (Lipinski definition) is 3. The van der Waals surface area contributed by atoms with E-state index in [0.29, 0.717) is 0 Å². The molecule has 9 heteroatoms. The van der Waals surface area contributed by atoms with Crippen molar-refractivity contribution in [2.45, 2.75) is 17.9 Å². The van der Waals surface area contributed by atoms with Crippen molar-refractivity contribution < 1.29 is 23.1 Å². The summed E-state index contributed by atoms with van der Waals surface area (Å²) < 4.78 is 25.7. The fourth-order valence-corrected chi connectivity index (χ4v) is 2.21. The Hall–Kier alpha value is -2.00. The van der Waals surface area contributed by atoms with Gasteiger partial charge < -0.3 is 10.8 Å². The quantitative estimate of drug-likeness (QED) is 0.568. The lowest BCUT2D eigenvalue weighted by atomic mass is 10.3. The van der Waals surface area contributed by atoms with Crippen LogP contribution < -0.4 is 10.5 Å². The van der Waals surface area contributed by atoms with Crippen molar-refractivity contribution in [3.63, 3.8) is 0 Å². The molecule has 0 spiro atoms. The van der Waals surface area contributed by atoms with Crippen molar-refractivity contribution >= 4 is 21.9 Å². The summed E-state index contributed by atoms with van der Waals surface area (Å²) in [7, 11) is -3.81. The van der Waals surface area contributed by atoms with Crippen LogP contribution in [0.1, 0.15) is 23.2 Å². The van der Waals surface area contributed by atoms with Gasteiger partial charge in [0.25, 0.3) is 10.0 Å². The van der Waals surface area contributed by atoms with Crippen LogP contribution in [0, 0.1) is 0 Å². The Morgan fingerprint density at radius 3 is 2.53 bits per heavy atom. The van der Waals surface area contributed by atoms with E-state index in [-0.39, 0.29) is 30.0 Å². The standard InChI is InChI=1S/C10H13N3O5S/c11-8(14)2-1-5-13-19(17,18)9-4-3-7(6-12-9)10(15)16/h3-4,6,13H,1-2,5H2,(H2,11,14)(H,15,16). The van der Waals surface area contributed by atoms with E-state index >= 15 is 0 Å². The second-order valence-electron chi connectivity index (χ2n) is 3.66. The number of pyridine rings is 1. The van der Waals surface area contributed by atoms with Crippen molar-refractivity contribution in [3.8, 4) is 0 Å². The zero-order chi connectivity index (χ0) is 14.5. The molecule has 0 atom stereocenters. The number of nitrogens with one attached hydrogen (secondary N) is 1. The number of primary amides is 1. The van der Waals surface area contributed by atoms with E-state index in [1.54, 1.807) is 0 Å². The minimum absolute atomic E-state index is 0.0492. The minimum atomic E-state index is -3.81. The van der Waals surface area contributed by atoms with E-state index in [1.165, 1.54) is 0 Å². The third-order valence-corrected chi connectivity index (χ3v) is 3.53. The smallest absolute Gasteiger partial charge is 0.337 e. The molecular formula is C10H13N3O5S. The second kappa shape index (κ2) is 6.25. The van der Waals surface area contributed by atoms with Gasteiger partial charge in [0, 0.05) is 19.2 Å². The van der Waals surface area contributed by atoms with Crippen molar-refractivity contribution in [2.75, 3.05) is 6.54 Å². The number of aromatic carboxylic acids is 1. The summed E-state index contributed by atoms with van der Waals surface area (Å²) in [5.41, 5.74) is 4.81. The largest absolute Gasteiger partial charge is 0.478 e. The fourth-order valence-electron chi connectivity index (χ4n) is 1.21. The molecule has 19 heavy (non-hydrogen) atoms. The van der Waals surface area contributed by atoms with Gasteiger partial charge in [-0.3, -0.25) is 4.79 Å². The van der Waals surface area contributed by atoms with Gasteiger partial charge in [0.05, 0.1) is 5.56 Å². The number of aromatic nitrogens is 1. The number of carbonyl (C=O) groups is 2. The van der Waals surface area contributed by atoms with E-state index < -0.39 is 21.9 Å². The van der Waals surface area contributed by atoms with Gasteiger partial charge in [-0.25, -0.2) is 22.9 Å². The van der Waals surface area contributed by atoms with E-state index in [2.05, 4.69) is 9.71 Å². The Balaban J connectivity index is 2.66. The molecule has 0 radical (unpaired) electrons. The van der Waals surface area contributed by atoms with Gasteiger partial charge in [-0.2, -0.15) is 0 Å². The second-order valence-corrected chi connectivity index (χ2v) is 5.37. The molecule has 104 valence electrons. The number of rotatable bonds is 7. The average molecular weight is 287 g/mol. The third-order valence-electron chi connectivity index (χ3n) is 2.15. The van der Waals surface area contributed by atoms with Crippen molar-refractivity contribution in [3.05, 3.63) is 23.9 Å². The molecule has 0 saturated carbocycles. The first kappa shape index (κ1) is 15.1. The first-order valence-corrected chi connectivity index (χ1v) is 6.78. The van der Waals surface area contributed by atoms with Crippen LogP contribution in [0.15, 0.2) is 23.4 Å². The molecule has 1 heterocycles. The summed E-state index contributed by atoms with van der Waals surface area (Å²) in [6.45, 7) is 0.0492. The van der Waals surface area contributed by atoms with Gasteiger partial charge in [0.2, 0.25) is 5.91 Å². The maximum absolute atomic E-state index is 11.7. The van der Waals surface area contributed by atoms with Gasteiger partial charge in [0.15, 0.2) is 5.03 Å². The van der Waals surface area contributed by atoms with Gasteiger partial charge in [-0.05, 0) is 18.6 Å². The number of nitrogens with two attached hydrogens (primary N) is 1. The Kier molecular flexibility index (Phi) is 4.95. The molecule has 4 N–H and O–H groups in total. The summed E-state index contributed by atoms with van der Waals surface area (Å²) in [4.78, 5) is 24.6. The van der Waals surface area contributed by atoms with E-state index in [1.807, 2.05) is 0 Å². The summed E-state index contributed by atoms with van der Waals surface area (Å²) >= 11 is 0. The number of sulfonamides is 1. The molecule has 1 aromatic rings. The van der Waals surface area contributed by atoms with Crippen LogP contribution in [0.5, 0.6) is 0 Å². The van der Waals surface area contributed by atoms with E-state index in [9.17, 15) is 18.0 Å². The highest BCUT2D eigenvalue weighted by Crippen LogP contribution is 2.06. The highest BCUT2D eigenvalue weighted by molar-refractivity contribution is 7.89.